The Kier molecular flexibility index (Phi) is 11.7. The fourth-order valence-electron chi connectivity index (χ4n) is 10.9. The number of rotatable bonds is 10. The van der Waals surface area contributed by atoms with E-state index in [1.807, 2.05) is 0 Å². The van der Waals surface area contributed by atoms with Crippen LogP contribution in [0.4, 0.5) is 0 Å². The zero-order chi connectivity index (χ0) is 51.6. The lowest BCUT2D eigenvalue weighted by Gasteiger charge is -2.68. The van der Waals surface area contributed by atoms with Crippen LogP contribution >= 0.6 is 0 Å². The van der Waals surface area contributed by atoms with Crippen molar-refractivity contribution in [2.24, 2.45) is 5.14 Å². The standard InChI is InChI=1S/C51H49N19O2S/c1-29-10-19-53-38(62-29)47(39-54-20-11-30(2)63-39)28-48(73(52,71)72,40-55-21-12-31(3)64-40)50(43-58-24-15-34(6)67-43,44-59-25-16-35(7)68-44)51(45-60-26-17-36(8)69-45,46-61-27-18-37(9)70-46)49(47,41-56-22-13-32(4)65-41)42-57-23-14-33(5)66-42/h10-27H,28H2,1-9H3,(H2,52,71,72). The van der Waals surface area contributed by atoms with Gasteiger partial charge in [0.25, 0.3) is 0 Å². The van der Waals surface area contributed by atoms with Gasteiger partial charge in [0.2, 0.25) is 10.0 Å². The Labute approximate surface area is 420 Å². The van der Waals surface area contributed by atoms with E-state index in [0.29, 0.717) is 51.2 Å². The monoisotopic (exact) mass is 991 g/mol. The lowest BCUT2D eigenvalue weighted by atomic mass is 9.32. The van der Waals surface area contributed by atoms with Gasteiger partial charge >= 0.3 is 0 Å². The van der Waals surface area contributed by atoms with Crippen LogP contribution in [-0.2, 0) is 36.4 Å². The predicted octanol–water partition coefficient (Wildman–Crippen LogP) is 4.41. The maximum atomic E-state index is 16.9. The van der Waals surface area contributed by atoms with Crippen LogP contribution < -0.4 is 5.14 Å². The minimum absolute atomic E-state index is 0.0393. The number of aryl methyl sites for hydroxylation is 9. The van der Waals surface area contributed by atoms with E-state index < -0.39 is 42.9 Å². The number of sulfonamides is 1. The van der Waals surface area contributed by atoms with E-state index in [1.54, 1.807) is 154 Å². The van der Waals surface area contributed by atoms with Crippen LogP contribution in [0.5, 0.6) is 0 Å². The summed E-state index contributed by atoms with van der Waals surface area (Å²) in [6.07, 6.45) is 13.1. The van der Waals surface area contributed by atoms with Crippen molar-refractivity contribution in [3.05, 3.63) is 214 Å². The number of nitrogens with two attached hydrogens (primary N) is 1. The summed E-state index contributed by atoms with van der Waals surface area (Å²) in [5, 5.41) is 7.30. The fourth-order valence-corrected chi connectivity index (χ4v) is 12.5. The van der Waals surface area contributed by atoms with Crippen LogP contribution in [-0.4, -0.2) is 98.1 Å². The van der Waals surface area contributed by atoms with Crippen LogP contribution in [0.3, 0.4) is 0 Å². The largest absolute Gasteiger partial charge is 0.240 e. The van der Waals surface area contributed by atoms with Crippen molar-refractivity contribution >= 4 is 10.0 Å². The number of hydrogen-bond acceptors (Lipinski definition) is 20. The predicted molar refractivity (Wildman–Crippen MR) is 263 cm³/mol. The van der Waals surface area contributed by atoms with Crippen molar-refractivity contribution in [2.45, 2.75) is 95.1 Å². The first-order valence-corrected chi connectivity index (χ1v) is 24.7. The molecule has 366 valence electrons. The zero-order valence-electron chi connectivity index (χ0n) is 41.5. The molecule has 0 saturated heterocycles. The van der Waals surface area contributed by atoms with E-state index in [0.717, 1.165) is 0 Å². The van der Waals surface area contributed by atoms with E-state index in [4.69, 9.17) is 94.9 Å². The number of primary sulfonamides is 1. The summed E-state index contributed by atoms with van der Waals surface area (Å²) in [5.41, 5.74) is -6.26. The topological polar surface area (TPSA) is 292 Å². The Morgan fingerprint density at radius 1 is 0.315 bits per heavy atom. The summed E-state index contributed by atoms with van der Waals surface area (Å²) >= 11 is 0. The minimum Gasteiger partial charge on any atom is -0.240 e. The molecule has 22 heteroatoms. The van der Waals surface area contributed by atoms with Crippen LogP contribution in [0.1, 0.15) is 110 Å². The Bertz CT molecular complexity index is 3550. The molecule has 1 aliphatic rings. The maximum Gasteiger partial charge on any atom is 0.223 e. The van der Waals surface area contributed by atoms with Crippen molar-refractivity contribution in [2.75, 3.05) is 0 Å². The highest BCUT2D eigenvalue weighted by Gasteiger charge is 2.93. The average molecular weight is 992 g/mol. The molecule has 9 aromatic heterocycles. The van der Waals surface area contributed by atoms with Gasteiger partial charge in [-0.3, -0.25) is 0 Å². The van der Waals surface area contributed by atoms with Gasteiger partial charge in [-0.1, -0.05) is 0 Å². The van der Waals surface area contributed by atoms with Crippen LogP contribution in [0.25, 0.3) is 0 Å². The molecule has 1 fully saturated rings. The molecule has 10 rings (SSSR count). The summed E-state index contributed by atoms with van der Waals surface area (Å²) in [5.74, 6) is -1.19. The first-order valence-electron chi connectivity index (χ1n) is 23.2. The van der Waals surface area contributed by atoms with Gasteiger partial charge in [0.1, 0.15) is 68.3 Å². The summed E-state index contributed by atoms with van der Waals surface area (Å²) in [7, 11) is -5.42. The molecular formula is C51H49N19O2S. The van der Waals surface area contributed by atoms with Crippen molar-refractivity contribution in [3.63, 3.8) is 0 Å². The minimum atomic E-state index is -5.42. The normalized spacial score (nSPS) is 17.7. The SMILES string of the molecule is Cc1ccnc(C2(c3nccc(C)n3)CC(c3nccc(C)n3)(S(N)(=O)=O)C(c3nccc(C)n3)(c3nccc(C)n3)C(c3nccc(C)n3)(c3nccc(C)n3)C2(c2nccc(C)n2)c2nccc(C)n2)n1. The van der Waals surface area contributed by atoms with E-state index in [2.05, 4.69) is 0 Å². The highest BCUT2D eigenvalue weighted by molar-refractivity contribution is 7.90. The molecule has 0 spiro atoms. The van der Waals surface area contributed by atoms with E-state index in [9.17, 15) is 0 Å². The van der Waals surface area contributed by atoms with Gasteiger partial charge in [0.05, 0.1) is 0 Å². The van der Waals surface area contributed by atoms with Crippen molar-refractivity contribution in [3.8, 4) is 0 Å². The third-order valence-corrected chi connectivity index (χ3v) is 15.3. The van der Waals surface area contributed by atoms with Crippen molar-refractivity contribution < 1.29 is 8.42 Å². The third-order valence-electron chi connectivity index (χ3n) is 13.7. The van der Waals surface area contributed by atoms with Crippen molar-refractivity contribution in [1.82, 2.24) is 89.7 Å². The van der Waals surface area contributed by atoms with Crippen molar-refractivity contribution in [1.29, 1.82) is 0 Å². The molecule has 0 amide bonds. The number of hydrogen-bond donors (Lipinski definition) is 1. The summed E-state index contributed by atoms with van der Waals surface area (Å²) in [6.45, 7) is 15.9. The molecule has 1 aliphatic carbocycles. The maximum absolute atomic E-state index is 16.9. The van der Waals surface area contributed by atoms with Gasteiger partial charge in [0, 0.05) is 107 Å². The highest BCUT2D eigenvalue weighted by Crippen LogP contribution is 2.78. The lowest BCUT2D eigenvalue weighted by Crippen LogP contribution is -2.84. The van der Waals surface area contributed by atoms with Gasteiger partial charge in [-0.25, -0.2) is 103 Å². The van der Waals surface area contributed by atoms with E-state index in [1.165, 1.54) is 18.6 Å². The smallest absolute Gasteiger partial charge is 0.223 e. The van der Waals surface area contributed by atoms with Crippen LogP contribution in [0.15, 0.2) is 110 Å². The molecule has 21 nitrogen and oxygen atoms in total. The Morgan fingerprint density at radius 3 is 0.781 bits per heavy atom. The second kappa shape index (κ2) is 17.7. The molecule has 9 aromatic rings. The molecule has 0 aromatic carbocycles. The van der Waals surface area contributed by atoms with Gasteiger partial charge < -0.3 is 0 Å². The summed E-state index contributed by atoms with van der Waals surface area (Å²) < 4.78 is 30.9. The van der Waals surface area contributed by atoms with Gasteiger partial charge in [0.15, 0.2) is 10.6 Å². The molecular weight excluding hydrogens is 943 g/mol. The second-order valence-corrected chi connectivity index (χ2v) is 20.2. The number of aromatic nitrogens is 18. The number of nitrogens with zero attached hydrogens (tertiary/aromatic N) is 18. The fraction of sp³-hybridized carbons (Fsp3) is 0.294. The molecule has 1 atom stereocenters. The highest BCUT2D eigenvalue weighted by atomic mass is 32.2. The van der Waals surface area contributed by atoms with Gasteiger partial charge in [-0.2, -0.15) is 0 Å². The van der Waals surface area contributed by atoms with Gasteiger partial charge in [-0.05, 0) is 123 Å². The quantitative estimate of drug-likeness (QED) is 0.198. The molecule has 9 heterocycles. The van der Waals surface area contributed by atoms with Gasteiger partial charge in [-0.15, -0.1) is 0 Å². The summed E-state index contributed by atoms with van der Waals surface area (Å²) in [6, 6.07) is 15.3. The van der Waals surface area contributed by atoms with Crippen LogP contribution in [0.2, 0.25) is 0 Å². The van der Waals surface area contributed by atoms with E-state index in [-0.39, 0.29) is 52.4 Å². The van der Waals surface area contributed by atoms with E-state index >= 15 is 8.42 Å². The molecule has 0 aliphatic heterocycles. The Hall–Kier alpha value is -8.37. The second-order valence-electron chi connectivity index (χ2n) is 18.4. The summed E-state index contributed by atoms with van der Waals surface area (Å²) in [4.78, 5) is 95.0. The molecule has 1 saturated carbocycles. The third kappa shape index (κ3) is 6.94. The molecule has 1 unspecified atom stereocenters. The Morgan fingerprint density at radius 2 is 0.521 bits per heavy atom. The molecule has 73 heavy (non-hydrogen) atoms. The first-order chi connectivity index (χ1) is 34.9. The molecule has 0 radical (unpaired) electrons. The lowest BCUT2D eigenvalue weighted by molar-refractivity contribution is -0.0188. The van der Waals surface area contributed by atoms with Crippen LogP contribution in [0, 0.1) is 62.3 Å². The molecule has 0 bridgehead atoms. The average Bonchev–Trinajstić information content (AvgIpc) is 3.35. The molecule has 2 N–H and O–H groups in total. The Balaban J connectivity index is 1.76. The first kappa shape index (κ1) is 48.3. The zero-order valence-corrected chi connectivity index (χ0v) is 42.3.